The molecule has 1 aromatic heterocycles. The molecule has 120 valence electrons. The molecule has 2 aromatic rings. The maximum Gasteiger partial charge on any atom is 0.328 e. The molecule has 0 saturated carbocycles. The van der Waals surface area contributed by atoms with Gasteiger partial charge in [-0.15, -0.1) is 11.3 Å². The predicted molar refractivity (Wildman–Crippen MR) is 87.6 cm³/mol. The summed E-state index contributed by atoms with van der Waals surface area (Å²) in [6, 6.07) is 8.91. The Labute approximate surface area is 138 Å². The molecule has 6 heteroatoms. The Hall–Kier alpha value is -2.34. The Balaban J connectivity index is 1.80. The number of amides is 1. The third-order valence-electron chi connectivity index (χ3n) is 3.54. The SMILES string of the molecule is CCOC(=O)[C@@H](C)NC(=O)c1cc2c(s1)-c1ccccc1OC2. The third kappa shape index (κ3) is 3.07. The van der Waals surface area contributed by atoms with Gasteiger partial charge >= 0.3 is 5.97 Å². The molecule has 5 nitrogen and oxygen atoms in total. The second-order valence-corrected chi connectivity index (χ2v) is 6.25. The van der Waals surface area contributed by atoms with Gasteiger partial charge in [-0.3, -0.25) is 4.79 Å². The number of fused-ring (bicyclic) bond motifs is 3. The lowest BCUT2D eigenvalue weighted by atomic mass is 10.1. The van der Waals surface area contributed by atoms with Crippen molar-refractivity contribution < 1.29 is 19.1 Å². The van der Waals surface area contributed by atoms with Crippen LogP contribution in [0.25, 0.3) is 10.4 Å². The molecule has 0 radical (unpaired) electrons. The van der Waals surface area contributed by atoms with Gasteiger partial charge in [0.15, 0.2) is 0 Å². The number of carbonyl (C=O) groups is 2. The summed E-state index contributed by atoms with van der Waals surface area (Å²) < 4.78 is 10.6. The van der Waals surface area contributed by atoms with Crippen LogP contribution in [0.4, 0.5) is 0 Å². The number of hydrogen-bond acceptors (Lipinski definition) is 5. The van der Waals surface area contributed by atoms with Crippen LogP contribution >= 0.6 is 11.3 Å². The van der Waals surface area contributed by atoms with Crippen LogP contribution < -0.4 is 10.1 Å². The van der Waals surface area contributed by atoms with Gasteiger partial charge in [-0.05, 0) is 32.0 Å². The molecule has 0 aliphatic carbocycles. The zero-order valence-electron chi connectivity index (χ0n) is 12.9. The predicted octanol–water partition coefficient (Wildman–Crippen LogP) is 2.99. The van der Waals surface area contributed by atoms with E-state index in [1.165, 1.54) is 11.3 Å². The van der Waals surface area contributed by atoms with Crippen molar-refractivity contribution in [3.05, 3.63) is 40.8 Å². The fourth-order valence-electron chi connectivity index (χ4n) is 2.41. The van der Waals surface area contributed by atoms with Crippen molar-refractivity contribution in [1.82, 2.24) is 5.32 Å². The highest BCUT2D eigenvalue weighted by Crippen LogP contribution is 2.42. The minimum absolute atomic E-state index is 0.276. The van der Waals surface area contributed by atoms with Crippen molar-refractivity contribution in [3.8, 4) is 16.2 Å². The van der Waals surface area contributed by atoms with Crippen molar-refractivity contribution in [2.45, 2.75) is 26.5 Å². The molecule has 1 aliphatic heterocycles. The minimum Gasteiger partial charge on any atom is -0.488 e. The first-order valence-corrected chi connectivity index (χ1v) is 8.24. The normalized spacial score (nSPS) is 13.3. The number of carbonyl (C=O) groups excluding carboxylic acids is 2. The highest BCUT2D eigenvalue weighted by molar-refractivity contribution is 7.17. The Kier molecular flexibility index (Phi) is 4.34. The van der Waals surface area contributed by atoms with E-state index in [-0.39, 0.29) is 5.91 Å². The van der Waals surface area contributed by atoms with Gasteiger partial charge in [-0.25, -0.2) is 4.79 Å². The van der Waals surface area contributed by atoms with E-state index in [2.05, 4.69) is 5.32 Å². The van der Waals surface area contributed by atoms with Crippen LogP contribution in [0, 0.1) is 0 Å². The van der Waals surface area contributed by atoms with Crippen LogP contribution in [0.2, 0.25) is 0 Å². The molecule has 1 atom stereocenters. The van der Waals surface area contributed by atoms with Crippen LogP contribution in [0.15, 0.2) is 30.3 Å². The zero-order valence-corrected chi connectivity index (χ0v) is 13.7. The molecule has 1 aromatic carbocycles. The number of rotatable bonds is 4. The molecule has 0 spiro atoms. The number of esters is 1. The molecule has 1 aliphatic rings. The number of para-hydroxylation sites is 1. The number of nitrogens with one attached hydrogen (secondary N) is 1. The van der Waals surface area contributed by atoms with E-state index in [0.29, 0.717) is 18.1 Å². The molecule has 23 heavy (non-hydrogen) atoms. The quantitative estimate of drug-likeness (QED) is 0.875. The lowest BCUT2D eigenvalue weighted by molar-refractivity contribution is -0.144. The fraction of sp³-hybridized carbons (Fsp3) is 0.294. The van der Waals surface area contributed by atoms with Crippen LogP contribution in [0.1, 0.15) is 29.1 Å². The van der Waals surface area contributed by atoms with Crippen molar-refractivity contribution >= 4 is 23.2 Å². The van der Waals surface area contributed by atoms with Gasteiger partial charge in [-0.2, -0.15) is 0 Å². The molecule has 1 N–H and O–H groups in total. The van der Waals surface area contributed by atoms with E-state index in [1.54, 1.807) is 13.8 Å². The molecule has 2 heterocycles. The van der Waals surface area contributed by atoms with Crippen LogP contribution in [0.3, 0.4) is 0 Å². The van der Waals surface area contributed by atoms with E-state index in [4.69, 9.17) is 9.47 Å². The fourth-order valence-corrected chi connectivity index (χ4v) is 3.51. The van der Waals surface area contributed by atoms with E-state index < -0.39 is 12.0 Å². The van der Waals surface area contributed by atoms with Crippen molar-refractivity contribution in [2.75, 3.05) is 6.61 Å². The standard InChI is InChI=1S/C17H17NO4S/c1-3-21-17(20)10(2)18-16(19)14-8-11-9-22-13-7-5-4-6-12(13)15(11)23-14/h4-8,10H,3,9H2,1-2H3,(H,18,19)/t10-/m1/s1. The van der Waals surface area contributed by atoms with Gasteiger partial charge < -0.3 is 14.8 Å². The van der Waals surface area contributed by atoms with E-state index in [0.717, 1.165) is 21.8 Å². The van der Waals surface area contributed by atoms with Crippen LogP contribution in [-0.4, -0.2) is 24.5 Å². The van der Waals surface area contributed by atoms with Gasteiger partial charge in [0, 0.05) is 16.0 Å². The Morgan fingerprint density at radius 2 is 2.17 bits per heavy atom. The van der Waals surface area contributed by atoms with Crippen LogP contribution in [-0.2, 0) is 16.1 Å². The summed E-state index contributed by atoms with van der Waals surface area (Å²) in [5, 5.41) is 2.67. The summed E-state index contributed by atoms with van der Waals surface area (Å²) in [7, 11) is 0. The molecule has 3 rings (SSSR count). The Morgan fingerprint density at radius 3 is 2.96 bits per heavy atom. The van der Waals surface area contributed by atoms with E-state index >= 15 is 0 Å². The number of thiophene rings is 1. The summed E-state index contributed by atoms with van der Waals surface area (Å²) in [5.41, 5.74) is 1.99. The molecule has 0 fully saturated rings. The van der Waals surface area contributed by atoms with Gasteiger partial charge in [-0.1, -0.05) is 12.1 Å². The minimum atomic E-state index is -0.676. The number of benzene rings is 1. The average Bonchev–Trinajstić information content (AvgIpc) is 2.99. The summed E-state index contributed by atoms with van der Waals surface area (Å²) in [6.45, 7) is 4.09. The third-order valence-corrected chi connectivity index (χ3v) is 4.74. The first-order valence-electron chi connectivity index (χ1n) is 7.42. The topological polar surface area (TPSA) is 64.6 Å². The first-order chi connectivity index (χ1) is 11.1. The molecule has 0 unspecified atom stereocenters. The maximum atomic E-state index is 12.3. The van der Waals surface area contributed by atoms with E-state index in [9.17, 15) is 9.59 Å². The van der Waals surface area contributed by atoms with Gasteiger partial charge in [0.25, 0.3) is 5.91 Å². The average molecular weight is 331 g/mol. The highest BCUT2D eigenvalue weighted by atomic mass is 32.1. The van der Waals surface area contributed by atoms with Crippen molar-refractivity contribution in [2.24, 2.45) is 0 Å². The lowest BCUT2D eigenvalue weighted by Crippen LogP contribution is -2.39. The Morgan fingerprint density at radius 1 is 1.39 bits per heavy atom. The smallest absolute Gasteiger partial charge is 0.328 e. The number of hydrogen-bond donors (Lipinski definition) is 1. The number of ether oxygens (including phenoxy) is 2. The summed E-state index contributed by atoms with van der Waals surface area (Å²) in [5.74, 6) is 0.118. The first kappa shape index (κ1) is 15.6. The van der Waals surface area contributed by atoms with Gasteiger partial charge in [0.1, 0.15) is 18.4 Å². The lowest BCUT2D eigenvalue weighted by Gasteiger charge is -2.16. The highest BCUT2D eigenvalue weighted by Gasteiger charge is 2.24. The second kappa shape index (κ2) is 6.42. The van der Waals surface area contributed by atoms with Crippen molar-refractivity contribution in [3.63, 3.8) is 0 Å². The largest absolute Gasteiger partial charge is 0.488 e. The second-order valence-electron chi connectivity index (χ2n) is 5.20. The molecule has 1 amide bonds. The monoisotopic (exact) mass is 331 g/mol. The summed E-state index contributed by atoms with van der Waals surface area (Å²) in [4.78, 5) is 25.6. The maximum absolute atomic E-state index is 12.3. The van der Waals surface area contributed by atoms with Crippen molar-refractivity contribution in [1.29, 1.82) is 0 Å². The zero-order chi connectivity index (χ0) is 16.4. The molecule has 0 bridgehead atoms. The van der Waals surface area contributed by atoms with Gasteiger partial charge in [0.2, 0.25) is 0 Å². The molecule has 0 saturated heterocycles. The van der Waals surface area contributed by atoms with Gasteiger partial charge in [0.05, 0.1) is 11.5 Å². The van der Waals surface area contributed by atoms with Crippen LogP contribution in [0.5, 0.6) is 5.75 Å². The molecular formula is C17H17NO4S. The Bertz CT molecular complexity index is 753. The molecular weight excluding hydrogens is 314 g/mol. The summed E-state index contributed by atoms with van der Waals surface area (Å²) >= 11 is 1.41. The summed E-state index contributed by atoms with van der Waals surface area (Å²) in [6.07, 6.45) is 0. The van der Waals surface area contributed by atoms with E-state index in [1.807, 2.05) is 30.3 Å².